The highest BCUT2D eigenvalue weighted by Crippen LogP contribution is 2.40. The van der Waals surface area contributed by atoms with E-state index in [0.29, 0.717) is 25.9 Å². The number of cyclic esters (lactones) is 1. The molecule has 18 atom stereocenters. The van der Waals surface area contributed by atoms with Crippen molar-refractivity contribution in [1.29, 1.82) is 0 Å². The fraction of sp³-hybridized carbons (Fsp3) is 0.953. The Bertz CT molecular complexity index is 1390. The maximum absolute atomic E-state index is 14.3. The first-order chi connectivity index (χ1) is 27.5. The number of carbonyl (C=O) groups excluding carboxylic acids is 2. The number of methoxy groups -OCH3 is 1. The van der Waals surface area contributed by atoms with Crippen molar-refractivity contribution in [3.8, 4) is 0 Å². The Morgan fingerprint density at radius 1 is 1.00 bits per heavy atom. The Labute approximate surface area is 368 Å². The van der Waals surface area contributed by atoms with Crippen LogP contribution in [0.2, 0.25) is 0 Å². The van der Waals surface area contributed by atoms with E-state index in [0.717, 1.165) is 0 Å². The molecule has 0 unspecified atom stereocenters. The number of alkyl halides is 2. The second-order valence-corrected chi connectivity index (χ2v) is 20.5. The fourth-order valence-corrected chi connectivity index (χ4v) is 9.82. The summed E-state index contributed by atoms with van der Waals surface area (Å²) in [5.74, 6) is -3.14. The quantitative estimate of drug-likeness (QED) is 0.140. The van der Waals surface area contributed by atoms with E-state index >= 15 is 0 Å². The molecule has 15 nitrogen and oxygen atoms in total. The van der Waals surface area contributed by atoms with Gasteiger partial charge in [-0.05, 0) is 114 Å². The predicted octanol–water partition coefficient (Wildman–Crippen LogP) is 3.81. The molecule has 0 aliphatic carbocycles. The molecular formula is C43H78Cl2N2O13. The summed E-state index contributed by atoms with van der Waals surface area (Å²) in [5.41, 5.74) is -4.53. The van der Waals surface area contributed by atoms with Crippen LogP contribution in [0.4, 0.5) is 0 Å². The van der Waals surface area contributed by atoms with Crippen LogP contribution >= 0.6 is 23.2 Å². The van der Waals surface area contributed by atoms with Crippen LogP contribution < -0.4 is 0 Å². The number of aliphatic hydroxyl groups excluding tert-OH is 3. The number of aliphatic hydroxyl groups is 5. The molecule has 0 aromatic heterocycles. The monoisotopic (exact) mass is 900 g/mol. The van der Waals surface area contributed by atoms with Crippen molar-refractivity contribution in [2.24, 2.45) is 17.8 Å². The minimum Gasteiger partial charge on any atom is -0.459 e. The van der Waals surface area contributed by atoms with Crippen molar-refractivity contribution in [3.05, 3.63) is 0 Å². The Balaban J connectivity index is 2.12. The number of esters is 1. The Morgan fingerprint density at radius 3 is 2.18 bits per heavy atom. The van der Waals surface area contributed by atoms with Crippen LogP contribution in [0.15, 0.2) is 0 Å². The van der Waals surface area contributed by atoms with Crippen LogP contribution in [0, 0.1) is 17.8 Å². The standard InChI is InChI=1S/C43H78Cl2N2O13/c1-15-31-42(11,54)35(50)27(6)47(13)22-23(2)20-40(9,53)37(60-39-33(49)30(19-24(3)56-39)46(12)18-16-17-43(44,45)29(8)48)25(4)34(26(5)38(52)58-31)59-32-21-41(10,55-14)36(51)28(7)57-32/h23-28,30-37,39,49-51,53-54H,15-22H2,1-14H3/t23-,24-,25+,26-,27-,28+,30+,31-,32+,33-,34+,35-,36+,37-,39+,40-,41-,42-/m1/s1. The smallest absolute Gasteiger partial charge is 0.311 e. The summed E-state index contributed by atoms with van der Waals surface area (Å²) in [6, 6.07) is -1.02. The van der Waals surface area contributed by atoms with E-state index in [9.17, 15) is 35.1 Å². The van der Waals surface area contributed by atoms with Gasteiger partial charge in [-0.2, -0.15) is 0 Å². The lowest BCUT2D eigenvalue weighted by Crippen LogP contribution is -2.61. The van der Waals surface area contributed by atoms with Gasteiger partial charge in [0.05, 0.1) is 41.5 Å². The molecule has 0 radical (unpaired) electrons. The van der Waals surface area contributed by atoms with E-state index in [1.54, 1.807) is 48.5 Å². The molecule has 3 saturated heterocycles. The number of hydrogen-bond donors (Lipinski definition) is 5. The molecule has 3 fully saturated rings. The maximum Gasteiger partial charge on any atom is 0.311 e. The van der Waals surface area contributed by atoms with Gasteiger partial charge in [-0.3, -0.25) is 9.59 Å². The topological polar surface area (TPSA) is 197 Å². The van der Waals surface area contributed by atoms with Gasteiger partial charge in [-0.1, -0.05) is 44.0 Å². The first-order valence-electron chi connectivity index (χ1n) is 21.7. The third kappa shape index (κ3) is 12.7. The molecule has 3 rings (SSSR count). The molecule has 0 saturated carbocycles. The van der Waals surface area contributed by atoms with Crippen molar-refractivity contribution >= 4 is 35.0 Å². The molecular weight excluding hydrogens is 823 g/mol. The highest BCUT2D eigenvalue weighted by molar-refractivity contribution is 6.58. The zero-order valence-corrected chi connectivity index (χ0v) is 40.0. The van der Waals surface area contributed by atoms with Gasteiger partial charge in [-0.15, -0.1) is 0 Å². The first-order valence-corrected chi connectivity index (χ1v) is 22.5. The summed E-state index contributed by atoms with van der Waals surface area (Å²) in [7, 11) is 5.17. The maximum atomic E-state index is 14.3. The highest BCUT2D eigenvalue weighted by atomic mass is 35.5. The number of nitrogens with zero attached hydrogens (tertiary/aromatic N) is 2. The van der Waals surface area contributed by atoms with Crippen LogP contribution in [0.1, 0.15) is 115 Å². The van der Waals surface area contributed by atoms with Crippen molar-refractivity contribution in [2.75, 3.05) is 34.3 Å². The summed E-state index contributed by atoms with van der Waals surface area (Å²) in [4.78, 5) is 30.1. The molecule has 0 bridgehead atoms. The largest absolute Gasteiger partial charge is 0.459 e. The minimum absolute atomic E-state index is 0.0958. The number of carbonyl (C=O) groups is 2. The lowest BCUT2D eigenvalue weighted by molar-refractivity contribution is -0.318. The van der Waals surface area contributed by atoms with Crippen molar-refractivity contribution in [3.63, 3.8) is 0 Å². The van der Waals surface area contributed by atoms with Gasteiger partial charge in [0.15, 0.2) is 22.7 Å². The summed E-state index contributed by atoms with van der Waals surface area (Å²) in [6.07, 6.45) is -8.47. The average molecular weight is 902 g/mol. The average Bonchev–Trinajstić information content (AvgIpc) is 3.15. The van der Waals surface area contributed by atoms with Crippen LogP contribution in [0.5, 0.6) is 0 Å². The SMILES string of the molecule is CC[C@H]1OC(=O)[C@H](C)[C@@H](O[C@H]2C[C@@](C)(OC)[C@@H](O)[C@H](C)O2)[C@H](C)[C@@H](O[C@@H]2O[C@H](C)C[C@H](N(C)CCCC(Cl)(Cl)C(C)=O)[C@H]2O)[C@](C)(O)C[C@@H](C)CN(C)[C@H](C)[C@@H](O)[C@]1(C)O. The van der Waals surface area contributed by atoms with E-state index in [1.165, 1.54) is 21.0 Å². The number of rotatable bonds is 12. The van der Waals surface area contributed by atoms with Gasteiger partial charge in [0.1, 0.15) is 30.0 Å². The molecule has 5 N–H and O–H groups in total. The third-order valence-corrected chi connectivity index (χ3v) is 14.5. The Morgan fingerprint density at radius 2 is 1.62 bits per heavy atom. The van der Waals surface area contributed by atoms with E-state index in [-0.39, 0.29) is 43.5 Å². The van der Waals surface area contributed by atoms with Gasteiger partial charge in [-0.25, -0.2) is 0 Å². The molecule has 17 heteroatoms. The number of ketones is 1. The van der Waals surface area contributed by atoms with Gasteiger partial charge >= 0.3 is 5.97 Å². The van der Waals surface area contributed by atoms with E-state index in [1.807, 2.05) is 37.7 Å². The van der Waals surface area contributed by atoms with Gasteiger partial charge in [0, 0.05) is 38.1 Å². The van der Waals surface area contributed by atoms with Crippen molar-refractivity contribution in [2.45, 2.75) is 209 Å². The molecule has 3 aliphatic rings. The fourth-order valence-electron chi connectivity index (χ4n) is 9.55. The highest BCUT2D eigenvalue weighted by Gasteiger charge is 2.53. The van der Waals surface area contributed by atoms with E-state index in [4.69, 9.17) is 51.6 Å². The molecule has 0 aromatic rings. The molecule has 0 spiro atoms. The summed E-state index contributed by atoms with van der Waals surface area (Å²) in [5, 5.41) is 59.0. The Kier molecular flexibility index (Phi) is 19.2. The van der Waals surface area contributed by atoms with Crippen LogP contribution in [0.25, 0.3) is 0 Å². The van der Waals surface area contributed by atoms with Crippen LogP contribution in [-0.2, 0) is 38.0 Å². The van der Waals surface area contributed by atoms with Crippen LogP contribution in [-0.4, -0.2) is 176 Å². The molecule has 60 heavy (non-hydrogen) atoms. The molecule has 0 aromatic carbocycles. The summed E-state index contributed by atoms with van der Waals surface area (Å²) < 4.78 is 36.4. The lowest BCUT2D eigenvalue weighted by atomic mass is 9.77. The Hall–Kier alpha value is -0.760. The number of ether oxygens (including phenoxy) is 6. The molecule has 0 amide bonds. The van der Waals surface area contributed by atoms with Gasteiger partial charge in [0.25, 0.3) is 0 Å². The minimum atomic E-state index is -1.84. The van der Waals surface area contributed by atoms with Gasteiger partial charge in [0.2, 0.25) is 0 Å². The van der Waals surface area contributed by atoms with Crippen molar-refractivity contribution in [1.82, 2.24) is 9.80 Å². The molecule has 3 heterocycles. The van der Waals surface area contributed by atoms with E-state index in [2.05, 4.69) is 0 Å². The second kappa shape index (κ2) is 21.5. The number of likely N-dealkylation sites (N-methyl/N-ethyl adjacent to an activating group) is 2. The summed E-state index contributed by atoms with van der Waals surface area (Å²) >= 11 is 12.5. The lowest BCUT2D eigenvalue weighted by Gasteiger charge is -2.49. The van der Waals surface area contributed by atoms with Crippen molar-refractivity contribution < 1.29 is 63.5 Å². The van der Waals surface area contributed by atoms with E-state index < -0.39 is 106 Å². The number of Topliss-reactive ketones (excluding diaryl/α,β-unsaturated/α-hetero) is 1. The second-order valence-electron chi connectivity index (χ2n) is 19.0. The zero-order valence-electron chi connectivity index (χ0n) is 38.5. The normalized spacial score (nSPS) is 44.8. The first kappa shape index (κ1) is 53.6. The molecule has 352 valence electrons. The third-order valence-electron chi connectivity index (χ3n) is 13.6. The number of hydrogen-bond acceptors (Lipinski definition) is 15. The van der Waals surface area contributed by atoms with Gasteiger partial charge < -0.3 is 63.8 Å². The zero-order chi connectivity index (χ0) is 45.9. The van der Waals surface area contributed by atoms with Crippen LogP contribution in [0.3, 0.4) is 0 Å². The molecule has 3 aliphatic heterocycles. The predicted molar refractivity (Wildman–Crippen MR) is 227 cm³/mol. The summed E-state index contributed by atoms with van der Waals surface area (Å²) in [6.45, 7) is 19.6. The number of halogens is 2.